The van der Waals surface area contributed by atoms with E-state index in [1.807, 2.05) is 0 Å². The van der Waals surface area contributed by atoms with E-state index in [2.05, 4.69) is 5.32 Å². The number of anilines is 1. The third kappa shape index (κ3) is 2.18. The Bertz CT molecular complexity index is 514. The summed E-state index contributed by atoms with van der Waals surface area (Å²) in [5, 5.41) is 13.3. The van der Waals surface area contributed by atoms with Crippen LogP contribution in [0.3, 0.4) is 0 Å². The predicted molar refractivity (Wildman–Crippen MR) is 61.5 cm³/mol. The lowest BCUT2D eigenvalue weighted by atomic mass is 10.2. The Morgan fingerprint density at radius 3 is 2.67 bits per heavy atom. The number of amides is 1. The number of nitro benzene ring substituents is 1. The first kappa shape index (κ1) is 12.1. The van der Waals surface area contributed by atoms with E-state index in [0.717, 1.165) is 0 Å². The highest BCUT2D eigenvalue weighted by molar-refractivity contribution is 5.96. The van der Waals surface area contributed by atoms with Crippen molar-refractivity contribution < 1.29 is 19.2 Å². The number of carbonyl (C=O) groups is 1. The Hall–Kier alpha value is -2.35. The largest absolute Gasteiger partial charge is 0.454 e. The average molecular weight is 253 g/mol. The van der Waals surface area contributed by atoms with Crippen LogP contribution in [0, 0.1) is 10.1 Å². The van der Waals surface area contributed by atoms with Crippen LogP contribution >= 0.6 is 0 Å². The quantitative estimate of drug-likeness (QED) is 0.602. The number of hydrogen-bond acceptors (Lipinski definition) is 6. The van der Waals surface area contributed by atoms with E-state index in [9.17, 15) is 14.9 Å². The number of hydrogen-bond donors (Lipinski definition) is 2. The minimum Gasteiger partial charge on any atom is -0.454 e. The van der Waals surface area contributed by atoms with Gasteiger partial charge in [0.25, 0.3) is 5.69 Å². The standard InChI is InChI=1S/C10H11N3O5/c1-5(11)10(14)12-6-2-8-9(18-4-17-8)3-7(6)13(15)16/h2-3,5H,4,11H2,1H3,(H,12,14)/t5-/m1/s1. The summed E-state index contributed by atoms with van der Waals surface area (Å²) in [6.45, 7) is 1.48. The highest BCUT2D eigenvalue weighted by Gasteiger charge is 2.24. The molecule has 2 rings (SSSR count). The normalized spacial score (nSPS) is 14.1. The highest BCUT2D eigenvalue weighted by atomic mass is 16.7. The van der Waals surface area contributed by atoms with Gasteiger partial charge in [0, 0.05) is 6.07 Å². The molecular formula is C10H11N3O5. The van der Waals surface area contributed by atoms with E-state index in [-0.39, 0.29) is 23.9 Å². The van der Waals surface area contributed by atoms with Gasteiger partial charge >= 0.3 is 0 Å². The predicted octanol–water partition coefficient (Wildman–Crippen LogP) is 0.609. The molecule has 0 saturated carbocycles. The summed E-state index contributed by atoms with van der Waals surface area (Å²) in [7, 11) is 0. The minimum absolute atomic E-state index is 0.00280. The molecule has 0 radical (unpaired) electrons. The first-order valence-electron chi connectivity index (χ1n) is 5.13. The van der Waals surface area contributed by atoms with Gasteiger partial charge in [-0.05, 0) is 6.92 Å². The fourth-order valence-corrected chi connectivity index (χ4v) is 1.43. The zero-order chi connectivity index (χ0) is 13.3. The van der Waals surface area contributed by atoms with Gasteiger partial charge in [-0.15, -0.1) is 0 Å². The molecule has 0 fully saturated rings. The second-order valence-corrected chi connectivity index (χ2v) is 3.76. The van der Waals surface area contributed by atoms with Crippen LogP contribution in [0.15, 0.2) is 12.1 Å². The number of nitrogens with one attached hydrogen (secondary N) is 1. The zero-order valence-corrected chi connectivity index (χ0v) is 9.50. The Kier molecular flexibility index (Phi) is 3.02. The van der Waals surface area contributed by atoms with E-state index in [0.29, 0.717) is 5.75 Å². The summed E-state index contributed by atoms with van der Waals surface area (Å²) in [4.78, 5) is 21.7. The maximum Gasteiger partial charge on any atom is 0.296 e. The SMILES string of the molecule is C[C@@H](N)C(=O)Nc1cc2c(cc1[N+](=O)[O-])OCO2. The summed E-state index contributed by atoms with van der Waals surface area (Å²) in [5.41, 5.74) is 5.15. The number of fused-ring (bicyclic) bond motifs is 1. The number of nitrogens with zero attached hydrogens (tertiary/aromatic N) is 1. The molecule has 8 nitrogen and oxygen atoms in total. The van der Waals surface area contributed by atoms with Crippen molar-refractivity contribution >= 4 is 17.3 Å². The molecule has 0 spiro atoms. The molecule has 8 heteroatoms. The second-order valence-electron chi connectivity index (χ2n) is 3.76. The Morgan fingerprint density at radius 1 is 1.50 bits per heavy atom. The average Bonchev–Trinajstić information content (AvgIpc) is 2.74. The van der Waals surface area contributed by atoms with Crippen LogP contribution in [0.25, 0.3) is 0 Å². The van der Waals surface area contributed by atoms with Gasteiger partial charge in [-0.1, -0.05) is 0 Å². The van der Waals surface area contributed by atoms with Crippen molar-refractivity contribution in [2.45, 2.75) is 13.0 Å². The molecule has 3 N–H and O–H groups in total. The van der Waals surface area contributed by atoms with Crippen molar-refractivity contribution in [3.05, 3.63) is 22.2 Å². The summed E-state index contributed by atoms with van der Waals surface area (Å²) in [6, 6.07) is 1.79. The molecule has 0 saturated heterocycles. The molecule has 18 heavy (non-hydrogen) atoms. The van der Waals surface area contributed by atoms with Crippen molar-refractivity contribution in [3.63, 3.8) is 0 Å². The molecule has 1 aromatic rings. The van der Waals surface area contributed by atoms with Gasteiger partial charge in [0.15, 0.2) is 11.5 Å². The fourth-order valence-electron chi connectivity index (χ4n) is 1.43. The number of nitrogens with two attached hydrogens (primary N) is 1. The molecule has 1 aliphatic heterocycles. The van der Waals surface area contributed by atoms with E-state index < -0.39 is 16.9 Å². The van der Waals surface area contributed by atoms with Crippen LogP contribution in [0.4, 0.5) is 11.4 Å². The van der Waals surface area contributed by atoms with Crippen molar-refractivity contribution in [2.75, 3.05) is 12.1 Å². The molecule has 0 unspecified atom stereocenters. The number of nitro groups is 1. The van der Waals surface area contributed by atoms with Crippen LogP contribution in [0.1, 0.15) is 6.92 Å². The number of benzene rings is 1. The molecule has 0 aromatic heterocycles. The van der Waals surface area contributed by atoms with Gasteiger partial charge in [0.1, 0.15) is 5.69 Å². The summed E-state index contributed by atoms with van der Waals surface area (Å²) < 4.78 is 10.1. The monoisotopic (exact) mass is 253 g/mol. The van der Waals surface area contributed by atoms with Crippen molar-refractivity contribution in [3.8, 4) is 11.5 Å². The van der Waals surface area contributed by atoms with Gasteiger partial charge < -0.3 is 20.5 Å². The lowest BCUT2D eigenvalue weighted by molar-refractivity contribution is -0.384. The summed E-state index contributed by atoms with van der Waals surface area (Å²) in [5.74, 6) is 0.109. The molecule has 1 aliphatic rings. The van der Waals surface area contributed by atoms with Gasteiger partial charge in [-0.2, -0.15) is 0 Å². The molecule has 0 aliphatic carbocycles. The minimum atomic E-state index is -0.768. The highest BCUT2D eigenvalue weighted by Crippen LogP contribution is 2.40. The van der Waals surface area contributed by atoms with Crippen molar-refractivity contribution in [1.29, 1.82) is 0 Å². The maximum absolute atomic E-state index is 11.5. The Balaban J connectivity index is 2.38. The third-order valence-corrected chi connectivity index (χ3v) is 2.36. The van der Waals surface area contributed by atoms with E-state index in [1.165, 1.54) is 19.1 Å². The first-order chi connectivity index (χ1) is 8.49. The van der Waals surface area contributed by atoms with E-state index in [4.69, 9.17) is 15.2 Å². The lowest BCUT2D eigenvalue weighted by Crippen LogP contribution is -2.32. The zero-order valence-electron chi connectivity index (χ0n) is 9.50. The fraction of sp³-hybridized carbons (Fsp3) is 0.300. The van der Waals surface area contributed by atoms with Crippen LogP contribution in [-0.4, -0.2) is 23.7 Å². The molecule has 0 bridgehead atoms. The van der Waals surface area contributed by atoms with Gasteiger partial charge in [0.05, 0.1) is 17.0 Å². The number of carbonyl (C=O) groups excluding carboxylic acids is 1. The maximum atomic E-state index is 11.5. The molecule has 96 valence electrons. The van der Waals surface area contributed by atoms with E-state index >= 15 is 0 Å². The number of ether oxygens (including phenoxy) is 2. The van der Waals surface area contributed by atoms with Gasteiger partial charge in [-0.3, -0.25) is 14.9 Å². The van der Waals surface area contributed by atoms with Gasteiger partial charge in [0.2, 0.25) is 12.7 Å². The lowest BCUT2D eigenvalue weighted by Gasteiger charge is -2.08. The molecular weight excluding hydrogens is 242 g/mol. The summed E-state index contributed by atoms with van der Waals surface area (Å²) >= 11 is 0. The van der Waals surface area contributed by atoms with Crippen LogP contribution in [-0.2, 0) is 4.79 Å². The Labute approximate surface area is 102 Å². The molecule has 1 heterocycles. The number of rotatable bonds is 3. The van der Waals surface area contributed by atoms with Crippen LogP contribution in [0.5, 0.6) is 11.5 Å². The first-order valence-corrected chi connectivity index (χ1v) is 5.13. The van der Waals surface area contributed by atoms with Crippen LogP contribution in [0.2, 0.25) is 0 Å². The van der Waals surface area contributed by atoms with Crippen LogP contribution < -0.4 is 20.5 Å². The molecule has 1 atom stereocenters. The Morgan fingerprint density at radius 2 is 2.11 bits per heavy atom. The second kappa shape index (κ2) is 4.49. The molecule has 1 amide bonds. The smallest absolute Gasteiger partial charge is 0.296 e. The summed E-state index contributed by atoms with van der Waals surface area (Å²) in [6.07, 6.45) is 0. The van der Waals surface area contributed by atoms with Gasteiger partial charge in [-0.25, -0.2) is 0 Å². The van der Waals surface area contributed by atoms with Crippen molar-refractivity contribution in [1.82, 2.24) is 0 Å². The third-order valence-electron chi connectivity index (χ3n) is 2.36. The van der Waals surface area contributed by atoms with E-state index in [1.54, 1.807) is 0 Å². The molecule has 1 aromatic carbocycles. The topological polar surface area (TPSA) is 117 Å². The van der Waals surface area contributed by atoms with Crippen molar-refractivity contribution in [2.24, 2.45) is 5.73 Å².